The van der Waals surface area contributed by atoms with Crippen LogP contribution in [0.1, 0.15) is 32.6 Å². The molecule has 1 aliphatic heterocycles. The molecule has 0 aromatic heterocycles. The highest BCUT2D eigenvalue weighted by molar-refractivity contribution is 4.75. The largest absolute Gasteiger partial charge is 0.378 e. The normalized spacial score (nSPS) is 28.3. The van der Waals surface area contributed by atoms with E-state index in [1.165, 1.54) is 12.8 Å². The van der Waals surface area contributed by atoms with E-state index in [1.807, 2.05) is 0 Å². The molecule has 0 saturated carbocycles. The third kappa shape index (κ3) is 2.35. The molecule has 1 fully saturated rings. The van der Waals surface area contributed by atoms with Gasteiger partial charge in [0, 0.05) is 6.61 Å². The summed E-state index contributed by atoms with van der Waals surface area (Å²) in [5.41, 5.74) is 0. The van der Waals surface area contributed by atoms with Crippen molar-refractivity contribution in [2.75, 3.05) is 6.61 Å². The summed E-state index contributed by atoms with van der Waals surface area (Å²) < 4.78 is 5.46. The summed E-state index contributed by atoms with van der Waals surface area (Å²) in [5.74, 6) is 0. The van der Waals surface area contributed by atoms with Gasteiger partial charge < -0.3 is 4.74 Å². The van der Waals surface area contributed by atoms with E-state index >= 15 is 0 Å². The van der Waals surface area contributed by atoms with Gasteiger partial charge in [0.2, 0.25) is 0 Å². The molecule has 52 valence electrons. The maximum Gasteiger partial charge on any atom is 0.0580 e. The molecule has 1 heteroatoms. The Balaban J connectivity index is 2.08. The van der Waals surface area contributed by atoms with Crippen molar-refractivity contribution in [3.8, 4) is 0 Å². The fourth-order valence-electron chi connectivity index (χ4n) is 1.13. The predicted molar refractivity (Wildman–Crippen MR) is 37.1 cm³/mol. The van der Waals surface area contributed by atoms with E-state index < -0.39 is 0 Å². The van der Waals surface area contributed by atoms with Gasteiger partial charge in [0.25, 0.3) is 0 Å². The second-order valence-corrected chi connectivity index (χ2v) is 2.49. The quantitative estimate of drug-likeness (QED) is 0.550. The summed E-state index contributed by atoms with van der Waals surface area (Å²) in [7, 11) is 0. The van der Waals surface area contributed by atoms with Gasteiger partial charge in [0.15, 0.2) is 0 Å². The molecule has 2 radical (unpaired) electrons. The zero-order valence-electron chi connectivity index (χ0n) is 6.02. The molecule has 1 atom stereocenters. The summed E-state index contributed by atoms with van der Waals surface area (Å²) in [6.07, 6.45) is 8.29. The summed E-state index contributed by atoms with van der Waals surface area (Å²) in [5, 5.41) is 0. The van der Waals surface area contributed by atoms with Crippen molar-refractivity contribution in [2.24, 2.45) is 0 Å². The molecule has 9 heavy (non-hydrogen) atoms. The Morgan fingerprint density at radius 2 is 2.56 bits per heavy atom. The lowest BCUT2D eigenvalue weighted by molar-refractivity contribution is 0.0283. The molecule has 0 spiro atoms. The second kappa shape index (κ2) is 3.89. The van der Waals surface area contributed by atoms with E-state index in [4.69, 9.17) is 4.74 Å². The van der Waals surface area contributed by atoms with Gasteiger partial charge in [-0.15, -0.1) is 0 Å². The Bertz CT molecular complexity index is 62.2. The lowest BCUT2D eigenvalue weighted by Crippen LogP contribution is -2.18. The van der Waals surface area contributed by atoms with Crippen molar-refractivity contribution in [1.82, 2.24) is 0 Å². The van der Waals surface area contributed by atoms with Crippen LogP contribution in [0.25, 0.3) is 0 Å². The third-order valence-corrected chi connectivity index (χ3v) is 1.62. The topological polar surface area (TPSA) is 9.23 Å². The standard InChI is InChI=1S/C8H14O/c1-2-5-8-6-3-4-7-9-8/h8H,2,4-7H2,1H3. The van der Waals surface area contributed by atoms with Crippen LogP contribution in [0.3, 0.4) is 0 Å². The van der Waals surface area contributed by atoms with Crippen LogP contribution in [0.2, 0.25) is 0 Å². The van der Waals surface area contributed by atoms with E-state index in [0.717, 1.165) is 19.4 Å². The van der Waals surface area contributed by atoms with Crippen molar-refractivity contribution in [3.05, 3.63) is 6.42 Å². The van der Waals surface area contributed by atoms with Crippen LogP contribution in [0, 0.1) is 6.42 Å². The molecule has 1 rings (SSSR count). The first-order valence-electron chi connectivity index (χ1n) is 3.76. The predicted octanol–water partition coefficient (Wildman–Crippen LogP) is 2.05. The molecule has 1 aliphatic rings. The zero-order valence-corrected chi connectivity index (χ0v) is 6.02. The summed E-state index contributed by atoms with van der Waals surface area (Å²) in [6.45, 7) is 3.09. The number of rotatable bonds is 2. The van der Waals surface area contributed by atoms with E-state index in [9.17, 15) is 0 Å². The van der Waals surface area contributed by atoms with Gasteiger partial charge in [-0.1, -0.05) is 13.3 Å². The lowest BCUT2D eigenvalue weighted by atomic mass is 10.1. The number of ether oxygens (including phenoxy) is 1. The monoisotopic (exact) mass is 126 g/mol. The molecule has 0 aromatic rings. The van der Waals surface area contributed by atoms with Crippen molar-refractivity contribution in [3.63, 3.8) is 0 Å². The molecular formula is C8H14O. The zero-order chi connectivity index (χ0) is 6.53. The van der Waals surface area contributed by atoms with Crippen molar-refractivity contribution in [2.45, 2.75) is 38.7 Å². The lowest BCUT2D eigenvalue weighted by Gasteiger charge is -2.21. The molecule has 0 amide bonds. The van der Waals surface area contributed by atoms with E-state index in [1.54, 1.807) is 0 Å². The Morgan fingerprint density at radius 3 is 3.11 bits per heavy atom. The highest BCUT2D eigenvalue weighted by atomic mass is 16.5. The molecule has 1 unspecified atom stereocenters. The van der Waals surface area contributed by atoms with Crippen LogP contribution in [-0.4, -0.2) is 12.7 Å². The maximum atomic E-state index is 5.46. The molecular weight excluding hydrogens is 112 g/mol. The van der Waals surface area contributed by atoms with Gasteiger partial charge >= 0.3 is 0 Å². The number of hydrogen-bond acceptors (Lipinski definition) is 1. The van der Waals surface area contributed by atoms with Crippen LogP contribution in [0.15, 0.2) is 0 Å². The average Bonchev–Trinajstić information content (AvgIpc) is 1.91. The molecule has 1 nitrogen and oxygen atoms in total. The van der Waals surface area contributed by atoms with Crippen molar-refractivity contribution in [1.29, 1.82) is 0 Å². The fourth-order valence-corrected chi connectivity index (χ4v) is 1.13. The molecule has 0 N–H and O–H groups in total. The van der Waals surface area contributed by atoms with Crippen molar-refractivity contribution >= 4 is 0 Å². The minimum atomic E-state index is 0.490. The van der Waals surface area contributed by atoms with Gasteiger partial charge in [-0.25, -0.2) is 0 Å². The molecule has 0 aliphatic carbocycles. The van der Waals surface area contributed by atoms with Crippen LogP contribution in [0.4, 0.5) is 0 Å². The molecule has 1 heterocycles. The Morgan fingerprint density at radius 1 is 1.67 bits per heavy atom. The Kier molecular flexibility index (Phi) is 3.05. The van der Waals surface area contributed by atoms with Gasteiger partial charge in [0.05, 0.1) is 6.10 Å². The molecule has 0 aromatic carbocycles. The minimum absolute atomic E-state index is 0.490. The smallest absolute Gasteiger partial charge is 0.0580 e. The first kappa shape index (κ1) is 7.07. The van der Waals surface area contributed by atoms with Crippen LogP contribution in [-0.2, 0) is 4.74 Å². The van der Waals surface area contributed by atoms with Gasteiger partial charge in [-0.2, -0.15) is 0 Å². The highest BCUT2D eigenvalue weighted by Gasteiger charge is 2.11. The SMILES string of the molecule is CCCC1C[C]CCO1. The van der Waals surface area contributed by atoms with Crippen molar-refractivity contribution < 1.29 is 4.74 Å². The second-order valence-electron chi connectivity index (χ2n) is 2.49. The minimum Gasteiger partial charge on any atom is -0.378 e. The first-order valence-corrected chi connectivity index (χ1v) is 3.76. The Hall–Kier alpha value is -0.0400. The number of hydrogen-bond donors (Lipinski definition) is 0. The average molecular weight is 126 g/mol. The van der Waals surface area contributed by atoms with E-state index in [0.29, 0.717) is 6.10 Å². The van der Waals surface area contributed by atoms with E-state index in [-0.39, 0.29) is 0 Å². The fraction of sp³-hybridized carbons (Fsp3) is 0.875. The Labute approximate surface area is 57.4 Å². The summed E-state index contributed by atoms with van der Waals surface area (Å²) in [6, 6.07) is 0. The van der Waals surface area contributed by atoms with E-state index in [2.05, 4.69) is 13.3 Å². The van der Waals surface area contributed by atoms with Crippen LogP contribution >= 0.6 is 0 Å². The van der Waals surface area contributed by atoms with Gasteiger partial charge in [0.1, 0.15) is 0 Å². The third-order valence-electron chi connectivity index (χ3n) is 1.62. The molecule has 0 bridgehead atoms. The van der Waals surface area contributed by atoms with Crippen LogP contribution in [0.5, 0.6) is 0 Å². The van der Waals surface area contributed by atoms with Gasteiger partial charge in [-0.05, 0) is 25.7 Å². The summed E-state index contributed by atoms with van der Waals surface area (Å²) in [4.78, 5) is 0. The van der Waals surface area contributed by atoms with Gasteiger partial charge in [-0.3, -0.25) is 0 Å². The first-order chi connectivity index (χ1) is 4.43. The molecule has 1 saturated heterocycles. The maximum absolute atomic E-state index is 5.46. The highest BCUT2D eigenvalue weighted by Crippen LogP contribution is 2.15. The summed E-state index contributed by atoms with van der Waals surface area (Å²) >= 11 is 0. The van der Waals surface area contributed by atoms with Crippen LogP contribution < -0.4 is 0 Å².